The molecule has 121 valence electrons. The number of carbonyl (C=O) groups is 1. The first-order valence-electron chi connectivity index (χ1n) is 6.43. The summed E-state index contributed by atoms with van der Waals surface area (Å²) in [6.07, 6.45) is 1.45. The van der Waals surface area contributed by atoms with Gasteiger partial charge in [-0.1, -0.05) is 12.1 Å². The molecule has 8 heteroatoms. The van der Waals surface area contributed by atoms with Crippen molar-refractivity contribution < 1.29 is 23.1 Å². The van der Waals surface area contributed by atoms with E-state index in [4.69, 9.17) is 0 Å². The average Bonchev–Trinajstić information content (AvgIpc) is 2.31. The van der Waals surface area contributed by atoms with Gasteiger partial charge in [-0.3, -0.25) is 14.4 Å². The maximum absolute atomic E-state index is 11.5. The fraction of sp³-hybridized carbons (Fsp3) is 0.429. The van der Waals surface area contributed by atoms with Crippen molar-refractivity contribution in [2.45, 2.75) is 32.4 Å². The second kappa shape index (κ2) is 6.35. The van der Waals surface area contributed by atoms with Gasteiger partial charge in [0.15, 0.2) is 0 Å². The number of anilines is 1. The number of nitrogens with one attached hydrogen (secondary N) is 1. The highest BCUT2D eigenvalue weighted by Gasteiger charge is 2.34. The minimum Gasteiger partial charge on any atom is -0.465 e. The van der Waals surface area contributed by atoms with Gasteiger partial charge in [0.2, 0.25) is 16.3 Å². The zero-order valence-electron chi connectivity index (χ0n) is 12.8. The molecule has 7 nitrogen and oxygen atoms in total. The number of hydrogen-bond acceptors (Lipinski definition) is 4. The fourth-order valence-corrected chi connectivity index (χ4v) is 2.60. The number of hydrogen-bond donors (Lipinski definition) is 2. The van der Waals surface area contributed by atoms with Crippen LogP contribution >= 0.6 is 0 Å². The van der Waals surface area contributed by atoms with Crippen LogP contribution in [0.2, 0.25) is 0 Å². The minimum atomic E-state index is -3.47. The molecule has 2 N–H and O–H groups in total. The lowest BCUT2D eigenvalue weighted by atomic mass is 9.99. The van der Waals surface area contributed by atoms with Crippen molar-refractivity contribution in [3.05, 3.63) is 29.8 Å². The Bertz CT molecular complexity index is 664. The van der Waals surface area contributed by atoms with Gasteiger partial charge in [0, 0.05) is 11.2 Å². The van der Waals surface area contributed by atoms with E-state index in [0.717, 1.165) is 11.2 Å². The molecule has 1 atom stereocenters. The molecule has 1 unspecified atom stereocenters. The average molecular weight is 327 g/mol. The fourth-order valence-electron chi connectivity index (χ4n) is 2.04. The van der Waals surface area contributed by atoms with Crippen LogP contribution < -0.4 is 4.72 Å². The van der Waals surface area contributed by atoms with E-state index in [2.05, 4.69) is 4.72 Å². The van der Waals surface area contributed by atoms with Gasteiger partial charge in [0.25, 0.3) is 0 Å². The van der Waals surface area contributed by atoms with Gasteiger partial charge in [0.05, 0.1) is 6.26 Å². The second-order valence-corrected chi connectivity index (χ2v) is 7.59. The molecule has 0 aliphatic rings. The molecule has 1 aromatic carbocycles. The Morgan fingerprint density at radius 2 is 1.95 bits per heavy atom. The number of rotatable bonds is 5. The summed E-state index contributed by atoms with van der Waals surface area (Å²) >= 11 is 0. The van der Waals surface area contributed by atoms with Crippen molar-refractivity contribution in [2.24, 2.45) is 0 Å². The molecule has 0 saturated carbocycles. The summed E-state index contributed by atoms with van der Waals surface area (Å²) in [6, 6.07) is 4.85. The van der Waals surface area contributed by atoms with Gasteiger partial charge >= 0.3 is 6.09 Å². The number of carboxylic acid groups (broad SMARTS) is 1. The van der Waals surface area contributed by atoms with Crippen LogP contribution in [-0.2, 0) is 14.8 Å². The van der Waals surface area contributed by atoms with Crippen LogP contribution in [-0.4, -0.2) is 42.6 Å². The molecule has 0 aliphatic carbocycles. The Morgan fingerprint density at radius 3 is 2.36 bits per heavy atom. The van der Waals surface area contributed by atoms with E-state index in [1.165, 1.54) is 18.2 Å². The number of amides is 1. The van der Waals surface area contributed by atoms with E-state index in [9.17, 15) is 23.1 Å². The third-order valence-electron chi connectivity index (χ3n) is 2.80. The summed E-state index contributed by atoms with van der Waals surface area (Å²) in [7, 11) is -3.47. The number of carbonyl (C=O) groups excluding carboxylic acids is 1. The number of benzene rings is 1. The lowest BCUT2D eigenvalue weighted by molar-refractivity contribution is 0.0869. The normalized spacial score (nSPS) is 13.3. The molecule has 1 radical (unpaired) electrons. The summed E-state index contributed by atoms with van der Waals surface area (Å²) in [5, 5.41) is 9.36. The largest absolute Gasteiger partial charge is 0.465 e. The van der Waals surface area contributed by atoms with E-state index in [1.807, 2.05) is 0 Å². The smallest absolute Gasteiger partial charge is 0.408 e. The van der Waals surface area contributed by atoms with Crippen LogP contribution in [0.5, 0.6) is 0 Å². The van der Waals surface area contributed by atoms with E-state index in [1.54, 1.807) is 33.1 Å². The SMILES string of the molecule is CC(C)(C)N(C(=O)O)C([C]=O)c1cccc(NS(C)(=O)=O)c1. The highest BCUT2D eigenvalue weighted by molar-refractivity contribution is 7.92. The van der Waals surface area contributed by atoms with Crippen molar-refractivity contribution >= 4 is 28.1 Å². The van der Waals surface area contributed by atoms with Crippen LogP contribution in [0.1, 0.15) is 32.4 Å². The molecule has 0 aromatic heterocycles. The molecule has 1 amide bonds. The lowest BCUT2D eigenvalue weighted by Crippen LogP contribution is -2.47. The summed E-state index contributed by atoms with van der Waals surface area (Å²) in [5.41, 5.74) is -0.241. The molecule has 0 spiro atoms. The highest BCUT2D eigenvalue weighted by atomic mass is 32.2. The van der Waals surface area contributed by atoms with Crippen molar-refractivity contribution in [2.75, 3.05) is 11.0 Å². The van der Waals surface area contributed by atoms with Crippen molar-refractivity contribution in [3.8, 4) is 0 Å². The Kier molecular flexibility index (Phi) is 5.18. The Morgan fingerprint density at radius 1 is 1.36 bits per heavy atom. The van der Waals surface area contributed by atoms with E-state index < -0.39 is 27.7 Å². The predicted octanol–water partition coefficient (Wildman–Crippen LogP) is 1.99. The summed E-state index contributed by atoms with van der Waals surface area (Å²) in [5.74, 6) is 0. The van der Waals surface area contributed by atoms with Gasteiger partial charge < -0.3 is 5.11 Å². The van der Waals surface area contributed by atoms with Crippen molar-refractivity contribution in [1.82, 2.24) is 4.90 Å². The monoisotopic (exact) mass is 327 g/mol. The Hall–Kier alpha value is -2.09. The third-order valence-corrected chi connectivity index (χ3v) is 3.41. The number of sulfonamides is 1. The first-order chi connectivity index (χ1) is 9.95. The predicted molar refractivity (Wildman–Crippen MR) is 83.0 cm³/mol. The van der Waals surface area contributed by atoms with Crippen molar-refractivity contribution in [3.63, 3.8) is 0 Å². The van der Waals surface area contributed by atoms with Crippen LogP contribution in [0.25, 0.3) is 0 Å². The van der Waals surface area contributed by atoms with Gasteiger partial charge in [-0.05, 0) is 38.5 Å². The molecule has 0 saturated heterocycles. The topological polar surface area (TPSA) is 104 Å². The Balaban J connectivity index is 3.28. The van der Waals surface area contributed by atoms with Gasteiger partial charge in [0.1, 0.15) is 6.04 Å². The molecule has 1 aromatic rings. The molecule has 0 aliphatic heterocycles. The summed E-state index contributed by atoms with van der Waals surface area (Å²) in [6.45, 7) is 4.97. The molecule has 22 heavy (non-hydrogen) atoms. The zero-order valence-corrected chi connectivity index (χ0v) is 13.6. The summed E-state index contributed by atoms with van der Waals surface area (Å²) in [4.78, 5) is 23.8. The Labute approximate surface area is 130 Å². The van der Waals surface area contributed by atoms with Gasteiger partial charge in [-0.25, -0.2) is 13.2 Å². The first kappa shape index (κ1) is 18.0. The lowest BCUT2D eigenvalue weighted by Gasteiger charge is -2.37. The molecular formula is C14H19N2O5S. The van der Waals surface area contributed by atoms with E-state index >= 15 is 0 Å². The van der Waals surface area contributed by atoms with Crippen LogP contribution in [0.3, 0.4) is 0 Å². The minimum absolute atomic E-state index is 0.250. The van der Waals surface area contributed by atoms with E-state index in [-0.39, 0.29) is 5.69 Å². The van der Waals surface area contributed by atoms with Crippen LogP contribution in [0.4, 0.5) is 10.5 Å². The van der Waals surface area contributed by atoms with E-state index in [0.29, 0.717) is 5.56 Å². The maximum Gasteiger partial charge on any atom is 0.408 e. The molecule has 1 rings (SSSR count). The summed E-state index contributed by atoms with van der Waals surface area (Å²) < 4.78 is 24.8. The second-order valence-electron chi connectivity index (χ2n) is 5.84. The van der Waals surface area contributed by atoms with Gasteiger partial charge in [-0.15, -0.1) is 0 Å². The quantitative estimate of drug-likeness (QED) is 0.860. The highest BCUT2D eigenvalue weighted by Crippen LogP contribution is 2.28. The third kappa shape index (κ3) is 4.73. The van der Waals surface area contributed by atoms with Crippen LogP contribution in [0, 0.1) is 0 Å². The van der Waals surface area contributed by atoms with Crippen molar-refractivity contribution in [1.29, 1.82) is 0 Å². The molecule has 0 bridgehead atoms. The zero-order chi connectivity index (χ0) is 17.1. The molecule has 0 heterocycles. The number of nitrogens with zero attached hydrogens (tertiary/aromatic N) is 1. The maximum atomic E-state index is 11.5. The molecular weight excluding hydrogens is 308 g/mol. The molecule has 0 fully saturated rings. The standard InChI is InChI=1S/C14H19N2O5S/c1-14(2,3)16(13(18)19)12(9-17)10-6-5-7-11(8-10)15-22(4,20)21/h5-8,12,15H,1-4H3,(H,18,19). The van der Waals surface area contributed by atoms with Crippen LogP contribution in [0.15, 0.2) is 24.3 Å². The first-order valence-corrected chi connectivity index (χ1v) is 8.32. The van der Waals surface area contributed by atoms with Gasteiger partial charge in [-0.2, -0.15) is 0 Å².